The number of guanidine groups is 1. The van der Waals surface area contributed by atoms with Crippen LogP contribution in [0.4, 0.5) is 0 Å². The molecule has 0 amide bonds. The van der Waals surface area contributed by atoms with Crippen molar-refractivity contribution in [1.82, 2.24) is 20.1 Å². The van der Waals surface area contributed by atoms with Crippen LogP contribution >= 0.6 is 24.0 Å². The maximum atomic E-state index is 5.92. The van der Waals surface area contributed by atoms with Crippen molar-refractivity contribution in [2.45, 2.75) is 52.0 Å². The van der Waals surface area contributed by atoms with Crippen molar-refractivity contribution in [3.63, 3.8) is 0 Å². The first kappa shape index (κ1) is 21.4. The van der Waals surface area contributed by atoms with Crippen molar-refractivity contribution < 1.29 is 0 Å². The second-order valence-electron chi connectivity index (χ2n) is 5.85. The summed E-state index contributed by atoms with van der Waals surface area (Å²) in [6, 6.07) is 9.97. The van der Waals surface area contributed by atoms with E-state index >= 15 is 0 Å². The normalized spacial score (nSPS) is 11.2. The number of nitrogens with two attached hydrogens (primary N) is 1. The minimum atomic E-state index is 0. The van der Waals surface area contributed by atoms with Gasteiger partial charge < -0.3 is 11.1 Å². The molecule has 1 aromatic heterocycles. The maximum absolute atomic E-state index is 5.92. The minimum Gasteiger partial charge on any atom is -0.370 e. The van der Waals surface area contributed by atoms with Gasteiger partial charge in [0.1, 0.15) is 12.9 Å². The van der Waals surface area contributed by atoms with Gasteiger partial charge >= 0.3 is 0 Å². The summed E-state index contributed by atoms with van der Waals surface area (Å²) in [5.74, 6) is 1.23. The molecule has 0 radical (unpaired) electrons. The van der Waals surface area contributed by atoms with E-state index in [4.69, 9.17) is 5.73 Å². The summed E-state index contributed by atoms with van der Waals surface area (Å²) >= 11 is 0. The quantitative estimate of drug-likeness (QED) is 0.248. The molecule has 0 bridgehead atoms. The van der Waals surface area contributed by atoms with E-state index in [1.165, 1.54) is 32.1 Å². The highest BCUT2D eigenvalue weighted by atomic mass is 127. The molecule has 0 aliphatic heterocycles. The Morgan fingerprint density at radius 2 is 1.84 bits per heavy atom. The highest BCUT2D eigenvalue weighted by Gasteiger charge is 2.05. The number of nitrogens with one attached hydrogen (secondary N) is 1. The molecule has 0 fully saturated rings. The van der Waals surface area contributed by atoms with Gasteiger partial charge in [-0.2, -0.15) is 0 Å². The van der Waals surface area contributed by atoms with Crippen LogP contribution < -0.4 is 11.1 Å². The number of aliphatic imine (C=N–C) groups is 1. The van der Waals surface area contributed by atoms with Gasteiger partial charge in [0, 0.05) is 12.2 Å². The standard InChI is InChI=1S/C18H28N6.HI/c1-2-3-4-5-6-10-13-20-18(19)21-14-17-23-22-15-24(17)16-11-8-7-9-12-16;/h7-9,11-12,15H,2-6,10,13-14H2,1H3,(H3,19,20,21);1H. The van der Waals surface area contributed by atoms with Crippen molar-refractivity contribution >= 4 is 29.9 Å². The summed E-state index contributed by atoms with van der Waals surface area (Å²) in [6.45, 7) is 3.51. The number of para-hydroxylation sites is 1. The van der Waals surface area contributed by atoms with E-state index in [9.17, 15) is 0 Å². The Morgan fingerprint density at radius 3 is 2.60 bits per heavy atom. The molecule has 0 aliphatic carbocycles. The lowest BCUT2D eigenvalue weighted by molar-refractivity contribution is 0.601. The van der Waals surface area contributed by atoms with Gasteiger partial charge in [0.05, 0.1) is 0 Å². The number of halogens is 1. The van der Waals surface area contributed by atoms with E-state index in [2.05, 4.69) is 27.4 Å². The van der Waals surface area contributed by atoms with Crippen LogP contribution in [0.2, 0.25) is 0 Å². The largest absolute Gasteiger partial charge is 0.370 e. The third-order valence-corrected chi connectivity index (χ3v) is 3.88. The molecule has 0 saturated heterocycles. The van der Waals surface area contributed by atoms with Crippen LogP contribution in [0.15, 0.2) is 41.7 Å². The monoisotopic (exact) mass is 456 g/mol. The van der Waals surface area contributed by atoms with E-state index < -0.39 is 0 Å². The highest BCUT2D eigenvalue weighted by molar-refractivity contribution is 14.0. The van der Waals surface area contributed by atoms with Crippen LogP contribution in [0, 0.1) is 0 Å². The Bertz CT molecular complexity index is 611. The van der Waals surface area contributed by atoms with Gasteiger partial charge in [-0.25, -0.2) is 4.99 Å². The van der Waals surface area contributed by atoms with E-state index in [-0.39, 0.29) is 24.0 Å². The Labute approximate surface area is 167 Å². The lowest BCUT2D eigenvalue weighted by Crippen LogP contribution is -2.32. The van der Waals surface area contributed by atoms with Gasteiger partial charge in [0.2, 0.25) is 0 Å². The maximum Gasteiger partial charge on any atom is 0.189 e. The number of rotatable bonds is 10. The first-order valence-electron chi connectivity index (χ1n) is 8.79. The van der Waals surface area contributed by atoms with Gasteiger partial charge in [-0.3, -0.25) is 4.57 Å². The molecule has 0 saturated carbocycles. The van der Waals surface area contributed by atoms with Crippen molar-refractivity contribution in [1.29, 1.82) is 0 Å². The van der Waals surface area contributed by atoms with Gasteiger partial charge in [-0.1, -0.05) is 57.2 Å². The second kappa shape index (κ2) is 12.7. The van der Waals surface area contributed by atoms with Crippen molar-refractivity contribution in [2.75, 3.05) is 6.54 Å². The third-order valence-electron chi connectivity index (χ3n) is 3.88. The van der Waals surface area contributed by atoms with E-state index in [0.29, 0.717) is 12.5 Å². The highest BCUT2D eigenvalue weighted by Crippen LogP contribution is 2.09. The Kier molecular flexibility index (Phi) is 10.9. The molecule has 7 heteroatoms. The Balaban J connectivity index is 0.00000312. The fourth-order valence-corrected chi connectivity index (χ4v) is 2.50. The smallest absolute Gasteiger partial charge is 0.189 e. The van der Waals surface area contributed by atoms with Crippen LogP contribution in [-0.4, -0.2) is 27.3 Å². The zero-order chi connectivity index (χ0) is 17.0. The molecule has 2 rings (SSSR count). The number of unbranched alkanes of at least 4 members (excludes halogenated alkanes) is 5. The molecule has 0 unspecified atom stereocenters. The number of nitrogens with zero attached hydrogens (tertiary/aromatic N) is 4. The predicted molar refractivity (Wildman–Crippen MR) is 113 cm³/mol. The number of hydrogen-bond acceptors (Lipinski definition) is 3. The van der Waals surface area contributed by atoms with Crippen molar-refractivity contribution in [3.05, 3.63) is 42.5 Å². The molecular formula is C18H29IN6. The third kappa shape index (κ3) is 7.85. The molecule has 0 spiro atoms. The first-order valence-corrected chi connectivity index (χ1v) is 8.79. The predicted octanol–water partition coefficient (Wildman–Crippen LogP) is 3.65. The zero-order valence-electron chi connectivity index (χ0n) is 14.9. The van der Waals surface area contributed by atoms with E-state index in [0.717, 1.165) is 24.5 Å². The summed E-state index contributed by atoms with van der Waals surface area (Å²) < 4.78 is 1.92. The SMILES string of the molecule is CCCCCCCCNC(N)=NCc1nncn1-c1ccccc1.I. The molecule has 25 heavy (non-hydrogen) atoms. The Hall–Kier alpha value is -1.64. The van der Waals surface area contributed by atoms with E-state index in [1.54, 1.807) is 6.33 Å². The number of benzene rings is 1. The minimum absolute atomic E-state index is 0. The van der Waals surface area contributed by atoms with E-state index in [1.807, 2.05) is 34.9 Å². The van der Waals surface area contributed by atoms with Crippen LogP contribution in [0.1, 0.15) is 51.3 Å². The van der Waals surface area contributed by atoms with Gasteiger partial charge in [-0.05, 0) is 18.6 Å². The molecular weight excluding hydrogens is 427 g/mol. The number of aromatic nitrogens is 3. The zero-order valence-corrected chi connectivity index (χ0v) is 17.2. The van der Waals surface area contributed by atoms with Gasteiger partial charge in [0.25, 0.3) is 0 Å². The fraction of sp³-hybridized carbons (Fsp3) is 0.500. The first-order chi connectivity index (χ1) is 11.8. The number of hydrogen-bond donors (Lipinski definition) is 2. The van der Waals surface area contributed by atoms with Crippen LogP contribution in [0.25, 0.3) is 5.69 Å². The van der Waals surface area contributed by atoms with Gasteiger partial charge in [0.15, 0.2) is 11.8 Å². The summed E-state index contributed by atoms with van der Waals surface area (Å²) in [6.07, 6.45) is 9.30. The summed E-state index contributed by atoms with van der Waals surface area (Å²) in [4.78, 5) is 4.36. The van der Waals surface area contributed by atoms with Crippen molar-refractivity contribution in [2.24, 2.45) is 10.7 Å². The fourth-order valence-electron chi connectivity index (χ4n) is 2.50. The molecule has 3 N–H and O–H groups in total. The van der Waals surface area contributed by atoms with Crippen LogP contribution in [0.3, 0.4) is 0 Å². The summed E-state index contributed by atoms with van der Waals surface area (Å²) in [5.41, 5.74) is 6.94. The van der Waals surface area contributed by atoms with Crippen LogP contribution in [0.5, 0.6) is 0 Å². The van der Waals surface area contributed by atoms with Crippen molar-refractivity contribution in [3.8, 4) is 5.69 Å². The molecule has 0 aliphatic rings. The lowest BCUT2D eigenvalue weighted by Gasteiger charge is -2.07. The molecule has 2 aromatic rings. The Morgan fingerprint density at radius 1 is 1.12 bits per heavy atom. The molecule has 6 nitrogen and oxygen atoms in total. The lowest BCUT2D eigenvalue weighted by atomic mass is 10.1. The molecule has 1 aromatic carbocycles. The molecule has 0 atom stereocenters. The molecule has 138 valence electrons. The topological polar surface area (TPSA) is 81.1 Å². The second-order valence-corrected chi connectivity index (χ2v) is 5.85. The molecule has 1 heterocycles. The summed E-state index contributed by atoms with van der Waals surface area (Å²) in [7, 11) is 0. The average molecular weight is 456 g/mol. The van der Waals surface area contributed by atoms with Gasteiger partial charge in [-0.15, -0.1) is 34.2 Å². The average Bonchev–Trinajstić information content (AvgIpc) is 3.08. The summed E-state index contributed by atoms with van der Waals surface area (Å²) in [5, 5.41) is 11.3. The van der Waals surface area contributed by atoms with Crippen LogP contribution in [-0.2, 0) is 6.54 Å².